The molecule has 9 heteroatoms. The maximum atomic E-state index is 12.9. The van der Waals surface area contributed by atoms with E-state index in [1.165, 1.54) is 15.6 Å². The second-order valence-electron chi connectivity index (χ2n) is 6.29. The molecule has 1 aromatic carbocycles. The lowest BCUT2D eigenvalue weighted by Gasteiger charge is -2.38. The summed E-state index contributed by atoms with van der Waals surface area (Å²) in [6.07, 6.45) is -2.46. The summed E-state index contributed by atoms with van der Waals surface area (Å²) in [5.41, 5.74) is 1.39. The van der Waals surface area contributed by atoms with Crippen molar-refractivity contribution in [3.8, 4) is 0 Å². The second kappa shape index (κ2) is 6.16. The largest absolute Gasteiger partial charge is 0.416 e. The smallest absolute Gasteiger partial charge is 0.285 e. The minimum Gasteiger partial charge on any atom is -0.285 e. The SMILES string of the molecule is CN1c2ccc(C(F)(F)F)cc2CCN1C(=O)c1cc2ccc(Cl)cn2n1. The zero-order chi connectivity index (χ0) is 19.3. The highest BCUT2D eigenvalue weighted by molar-refractivity contribution is 6.30. The Labute approximate surface area is 157 Å². The number of amides is 1. The van der Waals surface area contributed by atoms with Crippen molar-refractivity contribution in [3.05, 3.63) is 64.4 Å². The van der Waals surface area contributed by atoms with Crippen molar-refractivity contribution in [2.75, 3.05) is 18.6 Å². The molecule has 0 atom stereocenters. The number of fused-ring (bicyclic) bond motifs is 2. The molecule has 0 fully saturated rings. The number of benzene rings is 1. The molecule has 3 heterocycles. The summed E-state index contributed by atoms with van der Waals surface area (Å²) in [6, 6.07) is 8.65. The maximum absolute atomic E-state index is 12.9. The number of nitrogens with zero attached hydrogens (tertiary/aromatic N) is 4. The molecule has 0 bridgehead atoms. The van der Waals surface area contributed by atoms with Crippen LogP contribution in [-0.2, 0) is 12.6 Å². The average molecular weight is 395 g/mol. The first-order chi connectivity index (χ1) is 12.7. The van der Waals surface area contributed by atoms with Crippen molar-refractivity contribution in [3.63, 3.8) is 0 Å². The predicted molar refractivity (Wildman–Crippen MR) is 94.8 cm³/mol. The molecule has 3 aromatic rings. The summed E-state index contributed by atoms with van der Waals surface area (Å²) >= 11 is 5.94. The first-order valence-electron chi connectivity index (χ1n) is 8.14. The Morgan fingerprint density at radius 3 is 2.70 bits per heavy atom. The van der Waals surface area contributed by atoms with E-state index in [4.69, 9.17) is 11.6 Å². The quantitative estimate of drug-likeness (QED) is 0.625. The first-order valence-corrected chi connectivity index (χ1v) is 8.52. The number of carbonyl (C=O) groups excluding carboxylic acids is 1. The maximum Gasteiger partial charge on any atom is 0.416 e. The van der Waals surface area contributed by atoms with Gasteiger partial charge >= 0.3 is 6.18 Å². The van der Waals surface area contributed by atoms with E-state index in [1.54, 1.807) is 36.5 Å². The van der Waals surface area contributed by atoms with E-state index in [-0.39, 0.29) is 18.1 Å². The third-order valence-corrected chi connectivity index (χ3v) is 4.81. The zero-order valence-corrected chi connectivity index (χ0v) is 14.9. The number of alkyl halides is 3. The summed E-state index contributed by atoms with van der Waals surface area (Å²) in [7, 11) is 1.65. The summed E-state index contributed by atoms with van der Waals surface area (Å²) in [6.45, 7) is 0.262. The van der Waals surface area contributed by atoms with E-state index in [9.17, 15) is 18.0 Å². The highest BCUT2D eigenvalue weighted by Gasteiger charge is 2.33. The van der Waals surface area contributed by atoms with Gasteiger partial charge in [0, 0.05) is 19.8 Å². The van der Waals surface area contributed by atoms with Crippen LogP contribution in [0.15, 0.2) is 42.6 Å². The van der Waals surface area contributed by atoms with E-state index in [1.807, 2.05) is 0 Å². The Kier molecular flexibility index (Phi) is 4.03. The number of carbonyl (C=O) groups is 1. The highest BCUT2D eigenvalue weighted by Crippen LogP contribution is 2.35. The van der Waals surface area contributed by atoms with Gasteiger partial charge in [-0.25, -0.2) is 9.52 Å². The molecule has 0 saturated heterocycles. The summed E-state index contributed by atoms with van der Waals surface area (Å²) in [5, 5.41) is 7.78. The fourth-order valence-corrected chi connectivity index (χ4v) is 3.38. The molecule has 1 amide bonds. The van der Waals surface area contributed by atoms with Crippen LogP contribution in [0.3, 0.4) is 0 Å². The van der Waals surface area contributed by atoms with Crippen molar-refractivity contribution >= 4 is 28.7 Å². The topological polar surface area (TPSA) is 40.9 Å². The summed E-state index contributed by atoms with van der Waals surface area (Å²) in [5.74, 6) is -0.331. The van der Waals surface area contributed by atoms with Gasteiger partial charge in [-0.2, -0.15) is 18.3 Å². The molecule has 0 unspecified atom stereocenters. The van der Waals surface area contributed by atoms with E-state index in [0.29, 0.717) is 22.7 Å². The van der Waals surface area contributed by atoms with Crippen LogP contribution in [0.2, 0.25) is 5.02 Å². The normalized spacial score (nSPS) is 14.6. The fourth-order valence-electron chi connectivity index (χ4n) is 3.22. The number of hydrogen-bond donors (Lipinski definition) is 0. The molecule has 140 valence electrons. The summed E-state index contributed by atoms with van der Waals surface area (Å²) in [4.78, 5) is 12.9. The molecule has 1 aliphatic heterocycles. The number of pyridine rings is 1. The van der Waals surface area contributed by atoms with Crippen LogP contribution >= 0.6 is 11.6 Å². The molecule has 0 saturated carbocycles. The Balaban J connectivity index is 1.64. The molecule has 4 rings (SSSR count). The third kappa shape index (κ3) is 3.10. The molecule has 0 aliphatic carbocycles. The van der Waals surface area contributed by atoms with Crippen LogP contribution < -0.4 is 5.01 Å². The molecule has 0 radical (unpaired) electrons. The molecule has 2 aromatic heterocycles. The third-order valence-electron chi connectivity index (χ3n) is 4.59. The van der Waals surface area contributed by atoms with Gasteiger partial charge in [0.1, 0.15) is 0 Å². The van der Waals surface area contributed by atoms with Crippen LogP contribution in [0.1, 0.15) is 21.6 Å². The van der Waals surface area contributed by atoms with E-state index < -0.39 is 11.7 Å². The summed E-state index contributed by atoms with van der Waals surface area (Å²) < 4.78 is 40.3. The van der Waals surface area contributed by atoms with Crippen molar-refractivity contribution in [1.82, 2.24) is 14.6 Å². The minimum atomic E-state index is -4.39. The molecule has 27 heavy (non-hydrogen) atoms. The number of rotatable bonds is 1. The number of hydrazine groups is 1. The fraction of sp³-hybridized carbons (Fsp3) is 0.222. The minimum absolute atomic E-state index is 0.236. The molecule has 1 aliphatic rings. The molecule has 0 spiro atoms. The van der Waals surface area contributed by atoms with Crippen LogP contribution in [0.25, 0.3) is 5.52 Å². The van der Waals surface area contributed by atoms with Crippen molar-refractivity contribution in [2.45, 2.75) is 12.6 Å². The van der Waals surface area contributed by atoms with Crippen LogP contribution in [-0.4, -0.2) is 34.1 Å². The van der Waals surface area contributed by atoms with Gasteiger partial charge in [-0.1, -0.05) is 11.6 Å². The lowest BCUT2D eigenvalue weighted by atomic mass is 10.0. The van der Waals surface area contributed by atoms with Gasteiger partial charge < -0.3 is 0 Å². The van der Waals surface area contributed by atoms with Crippen molar-refractivity contribution in [2.24, 2.45) is 0 Å². The highest BCUT2D eigenvalue weighted by atomic mass is 35.5. The molecular formula is C18H14ClF3N4O. The number of aromatic nitrogens is 2. The van der Waals surface area contributed by atoms with Crippen LogP contribution in [0.4, 0.5) is 18.9 Å². The second-order valence-corrected chi connectivity index (χ2v) is 6.73. The van der Waals surface area contributed by atoms with Crippen LogP contribution in [0.5, 0.6) is 0 Å². The number of anilines is 1. The Bertz CT molecular complexity index is 1050. The monoisotopic (exact) mass is 394 g/mol. The van der Waals surface area contributed by atoms with Gasteiger partial charge in [0.05, 0.1) is 21.8 Å². The average Bonchev–Trinajstić information content (AvgIpc) is 3.03. The van der Waals surface area contributed by atoms with Gasteiger partial charge in [0.25, 0.3) is 5.91 Å². The molecule has 5 nitrogen and oxygen atoms in total. The number of halogens is 4. The van der Waals surface area contributed by atoms with Gasteiger partial charge in [0.2, 0.25) is 0 Å². The lowest BCUT2D eigenvalue weighted by Crippen LogP contribution is -2.48. The standard InChI is InChI=1S/C18H14ClF3N4O/c1-24-16-5-2-12(18(20,21)22)8-11(16)6-7-26(24)17(27)15-9-14-4-3-13(19)10-25(14)23-15/h2-5,8-10H,6-7H2,1H3. The Morgan fingerprint density at radius 1 is 1.19 bits per heavy atom. The lowest BCUT2D eigenvalue weighted by molar-refractivity contribution is -0.137. The predicted octanol–water partition coefficient (Wildman–Crippen LogP) is 4.06. The van der Waals surface area contributed by atoms with E-state index >= 15 is 0 Å². The molecular weight excluding hydrogens is 381 g/mol. The Morgan fingerprint density at radius 2 is 1.96 bits per heavy atom. The van der Waals surface area contributed by atoms with E-state index in [2.05, 4.69) is 5.10 Å². The van der Waals surface area contributed by atoms with Gasteiger partial charge in [-0.15, -0.1) is 0 Å². The van der Waals surface area contributed by atoms with Crippen LogP contribution in [0, 0.1) is 0 Å². The van der Waals surface area contributed by atoms with Gasteiger partial charge in [-0.3, -0.25) is 9.80 Å². The first kappa shape index (κ1) is 17.7. The van der Waals surface area contributed by atoms with Crippen molar-refractivity contribution in [1.29, 1.82) is 0 Å². The van der Waals surface area contributed by atoms with Crippen molar-refractivity contribution < 1.29 is 18.0 Å². The molecule has 0 N–H and O–H groups in total. The van der Waals surface area contributed by atoms with Gasteiger partial charge in [-0.05, 0) is 48.4 Å². The van der Waals surface area contributed by atoms with E-state index in [0.717, 1.165) is 17.6 Å². The van der Waals surface area contributed by atoms with Gasteiger partial charge in [0.15, 0.2) is 5.69 Å². The Hall–Kier alpha value is -2.74. The zero-order valence-electron chi connectivity index (χ0n) is 14.2. The number of hydrogen-bond acceptors (Lipinski definition) is 3.